The summed E-state index contributed by atoms with van der Waals surface area (Å²) < 4.78 is 0. The van der Waals surface area contributed by atoms with Crippen LogP contribution in [0.5, 0.6) is 0 Å². The molecule has 0 saturated carbocycles. The number of carboxylic acid groups (broad SMARTS) is 1. The molecule has 2 aromatic rings. The summed E-state index contributed by atoms with van der Waals surface area (Å²) in [5.74, 6) is -1.59. The highest BCUT2D eigenvalue weighted by Crippen LogP contribution is 2.18. The molecular formula is C20H21N3O4. The number of nitrogens with zero attached hydrogens (tertiary/aromatic N) is 1. The van der Waals surface area contributed by atoms with Gasteiger partial charge < -0.3 is 15.7 Å². The zero-order valence-electron chi connectivity index (χ0n) is 14.7. The number of aliphatic carboxylic acids is 1. The van der Waals surface area contributed by atoms with Crippen LogP contribution in [0.2, 0.25) is 0 Å². The highest BCUT2D eigenvalue weighted by atomic mass is 16.4. The maximum absolute atomic E-state index is 12.6. The molecular weight excluding hydrogens is 346 g/mol. The van der Waals surface area contributed by atoms with Gasteiger partial charge in [-0.25, -0.2) is 9.59 Å². The second-order valence-electron chi connectivity index (χ2n) is 6.34. The van der Waals surface area contributed by atoms with E-state index in [1.165, 1.54) is 0 Å². The van der Waals surface area contributed by atoms with Crippen LogP contribution in [0.25, 0.3) is 0 Å². The van der Waals surface area contributed by atoms with Crippen LogP contribution in [0, 0.1) is 0 Å². The molecule has 27 heavy (non-hydrogen) atoms. The molecule has 1 aliphatic rings. The van der Waals surface area contributed by atoms with Crippen molar-refractivity contribution in [3.05, 3.63) is 65.7 Å². The Balaban J connectivity index is 1.73. The molecule has 1 atom stereocenters. The van der Waals surface area contributed by atoms with E-state index in [2.05, 4.69) is 10.6 Å². The van der Waals surface area contributed by atoms with Gasteiger partial charge in [-0.15, -0.1) is 0 Å². The highest BCUT2D eigenvalue weighted by Gasteiger charge is 2.23. The van der Waals surface area contributed by atoms with Crippen molar-refractivity contribution in [3.63, 3.8) is 0 Å². The number of urea groups is 1. The Morgan fingerprint density at radius 3 is 2.63 bits per heavy atom. The van der Waals surface area contributed by atoms with Crippen molar-refractivity contribution in [2.45, 2.75) is 18.9 Å². The van der Waals surface area contributed by atoms with Gasteiger partial charge in [-0.1, -0.05) is 36.4 Å². The summed E-state index contributed by atoms with van der Waals surface area (Å²) in [6.45, 7) is 1.21. The fraction of sp³-hybridized carbons (Fsp3) is 0.250. The molecule has 3 rings (SSSR count). The van der Waals surface area contributed by atoms with Gasteiger partial charge in [0, 0.05) is 30.8 Å². The van der Waals surface area contributed by atoms with Crippen molar-refractivity contribution >= 4 is 23.6 Å². The molecule has 1 fully saturated rings. The van der Waals surface area contributed by atoms with Crippen molar-refractivity contribution < 1.29 is 19.5 Å². The Labute approximate surface area is 157 Å². The van der Waals surface area contributed by atoms with Crippen molar-refractivity contribution in [1.82, 2.24) is 10.6 Å². The van der Waals surface area contributed by atoms with E-state index in [4.69, 9.17) is 0 Å². The first-order chi connectivity index (χ1) is 13.0. The maximum atomic E-state index is 12.6. The summed E-state index contributed by atoms with van der Waals surface area (Å²) in [5.41, 5.74) is 1.74. The number of carboxylic acids is 1. The van der Waals surface area contributed by atoms with Crippen LogP contribution in [0.3, 0.4) is 0 Å². The lowest BCUT2D eigenvalue weighted by molar-refractivity contribution is -0.139. The van der Waals surface area contributed by atoms with E-state index in [0.717, 1.165) is 12.0 Å². The Kier molecular flexibility index (Phi) is 5.71. The van der Waals surface area contributed by atoms with Crippen LogP contribution in [0.1, 0.15) is 22.3 Å². The predicted molar refractivity (Wildman–Crippen MR) is 101 cm³/mol. The van der Waals surface area contributed by atoms with Crippen molar-refractivity contribution in [3.8, 4) is 0 Å². The smallest absolute Gasteiger partial charge is 0.326 e. The molecule has 140 valence electrons. The van der Waals surface area contributed by atoms with Crippen LogP contribution in [-0.4, -0.2) is 42.1 Å². The quantitative estimate of drug-likeness (QED) is 0.727. The average molecular weight is 367 g/mol. The van der Waals surface area contributed by atoms with Crippen LogP contribution in [0.4, 0.5) is 10.5 Å². The molecule has 0 radical (unpaired) electrons. The van der Waals surface area contributed by atoms with Gasteiger partial charge >= 0.3 is 12.0 Å². The first-order valence-electron chi connectivity index (χ1n) is 8.77. The van der Waals surface area contributed by atoms with Gasteiger partial charge in [0.05, 0.1) is 0 Å². The van der Waals surface area contributed by atoms with E-state index in [-0.39, 0.29) is 12.5 Å². The van der Waals surface area contributed by atoms with E-state index in [9.17, 15) is 19.5 Å². The Bertz CT molecular complexity index is 838. The number of nitrogens with one attached hydrogen (secondary N) is 2. The largest absolute Gasteiger partial charge is 0.480 e. The Morgan fingerprint density at radius 1 is 1.15 bits per heavy atom. The topological polar surface area (TPSA) is 98.7 Å². The summed E-state index contributed by atoms with van der Waals surface area (Å²) >= 11 is 0. The minimum Gasteiger partial charge on any atom is -0.480 e. The molecule has 3 amide bonds. The van der Waals surface area contributed by atoms with E-state index < -0.39 is 17.9 Å². The normalized spacial score (nSPS) is 15.0. The number of hydrogen-bond donors (Lipinski definition) is 3. The van der Waals surface area contributed by atoms with Gasteiger partial charge in [0.2, 0.25) is 0 Å². The van der Waals surface area contributed by atoms with Crippen LogP contribution < -0.4 is 15.5 Å². The van der Waals surface area contributed by atoms with Crippen molar-refractivity contribution in [1.29, 1.82) is 0 Å². The fourth-order valence-electron chi connectivity index (χ4n) is 2.98. The van der Waals surface area contributed by atoms with Gasteiger partial charge in [-0.3, -0.25) is 9.69 Å². The van der Waals surface area contributed by atoms with Crippen molar-refractivity contribution in [2.24, 2.45) is 0 Å². The fourth-order valence-corrected chi connectivity index (χ4v) is 2.98. The molecule has 0 spiro atoms. The molecule has 1 aliphatic heterocycles. The SMILES string of the molecule is O=C(N[C@H](Cc1ccccc1)C(=O)O)c1cccc(N2CCCNC2=O)c1. The molecule has 7 nitrogen and oxygen atoms in total. The maximum Gasteiger partial charge on any atom is 0.326 e. The first kappa shape index (κ1) is 18.4. The number of rotatable bonds is 6. The van der Waals surface area contributed by atoms with E-state index in [1.54, 1.807) is 29.2 Å². The summed E-state index contributed by atoms with van der Waals surface area (Å²) in [4.78, 5) is 37.7. The van der Waals surface area contributed by atoms with Crippen LogP contribution in [-0.2, 0) is 11.2 Å². The third-order valence-electron chi connectivity index (χ3n) is 4.39. The monoisotopic (exact) mass is 367 g/mol. The second kappa shape index (κ2) is 8.35. The highest BCUT2D eigenvalue weighted by molar-refractivity contribution is 5.99. The zero-order valence-corrected chi connectivity index (χ0v) is 14.7. The second-order valence-corrected chi connectivity index (χ2v) is 6.34. The summed E-state index contributed by atoms with van der Waals surface area (Å²) in [6.07, 6.45) is 1.01. The van der Waals surface area contributed by atoms with Crippen LogP contribution in [0.15, 0.2) is 54.6 Å². The molecule has 1 heterocycles. The number of carbonyl (C=O) groups is 3. The molecule has 1 saturated heterocycles. The van der Waals surface area contributed by atoms with E-state index >= 15 is 0 Å². The zero-order chi connectivity index (χ0) is 19.2. The average Bonchev–Trinajstić information content (AvgIpc) is 2.68. The number of anilines is 1. The third-order valence-corrected chi connectivity index (χ3v) is 4.39. The Morgan fingerprint density at radius 2 is 1.93 bits per heavy atom. The third kappa shape index (κ3) is 4.63. The van der Waals surface area contributed by atoms with Gasteiger partial charge in [0.15, 0.2) is 0 Å². The molecule has 7 heteroatoms. The Hall–Kier alpha value is -3.35. The number of carbonyl (C=O) groups excluding carboxylic acids is 2. The van der Waals surface area contributed by atoms with Gasteiger partial charge in [-0.2, -0.15) is 0 Å². The molecule has 0 bridgehead atoms. The molecule has 0 unspecified atom stereocenters. The number of amides is 3. The minimum atomic E-state index is -1.10. The minimum absolute atomic E-state index is 0.191. The molecule has 2 aromatic carbocycles. The predicted octanol–water partition coefficient (Wildman–Crippen LogP) is 2.03. The molecule has 0 aliphatic carbocycles. The molecule has 0 aromatic heterocycles. The van der Waals surface area contributed by atoms with Gasteiger partial charge in [0.1, 0.15) is 6.04 Å². The van der Waals surface area contributed by atoms with E-state index in [0.29, 0.717) is 24.3 Å². The lowest BCUT2D eigenvalue weighted by Crippen LogP contribution is -2.46. The standard InChI is InChI=1S/C20H21N3O4/c24-18(22-17(19(25)26)12-14-6-2-1-3-7-14)15-8-4-9-16(13-15)23-11-5-10-21-20(23)27/h1-4,6-9,13,17H,5,10-12H2,(H,21,27)(H,22,24)(H,25,26)/t17-/m1/s1. The summed E-state index contributed by atoms with van der Waals surface area (Å²) in [5, 5.41) is 14.8. The molecule has 3 N–H and O–H groups in total. The van der Waals surface area contributed by atoms with Gasteiger partial charge in [-0.05, 0) is 30.2 Å². The lowest BCUT2D eigenvalue weighted by Gasteiger charge is -2.27. The van der Waals surface area contributed by atoms with E-state index in [1.807, 2.05) is 30.3 Å². The van der Waals surface area contributed by atoms with Crippen molar-refractivity contribution in [2.75, 3.05) is 18.0 Å². The van der Waals surface area contributed by atoms with Gasteiger partial charge in [0.25, 0.3) is 5.91 Å². The van der Waals surface area contributed by atoms with Crippen LogP contribution >= 0.6 is 0 Å². The number of hydrogen-bond acceptors (Lipinski definition) is 3. The first-order valence-corrected chi connectivity index (χ1v) is 8.77. The summed E-state index contributed by atoms with van der Waals surface area (Å²) in [7, 11) is 0. The lowest BCUT2D eigenvalue weighted by atomic mass is 10.1. The number of benzene rings is 2. The summed E-state index contributed by atoms with van der Waals surface area (Å²) in [6, 6.07) is 14.5.